The quantitative estimate of drug-likeness (QED) is 0.860. The molecule has 108 valence electrons. The van der Waals surface area contributed by atoms with Gasteiger partial charge in [0.2, 0.25) is 5.91 Å². The van der Waals surface area contributed by atoms with Crippen molar-refractivity contribution < 1.29 is 4.79 Å². The van der Waals surface area contributed by atoms with Crippen molar-refractivity contribution in [2.75, 3.05) is 56.1 Å². The summed E-state index contributed by atoms with van der Waals surface area (Å²) in [6, 6.07) is 6.38. The first-order chi connectivity index (χ1) is 9.69. The lowest BCUT2D eigenvalue weighted by atomic mass is 10.1. The summed E-state index contributed by atoms with van der Waals surface area (Å²) in [6.07, 6.45) is 0.535. The largest absolute Gasteiger partial charge is 0.369 e. The van der Waals surface area contributed by atoms with E-state index in [1.807, 2.05) is 7.05 Å². The zero-order valence-electron chi connectivity index (χ0n) is 12.0. The van der Waals surface area contributed by atoms with Gasteiger partial charge in [-0.1, -0.05) is 0 Å². The maximum Gasteiger partial charge on any atom is 0.231 e. The maximum atomic E-state index is 11.7. The number of benzene rings is 1. The van der Waals surface area contributed by atoms with Gasteiger partial charge in [0.15, 0.2) is 0 Å². The number of anilines is 2. The number of piperazine rings is 1. The van der Waals surface area contributed by atoms with E-state index in [1.165, 1.54) is 5.69 Å². The second kappa shape index (κ2) is 5.42. The van der Waals surface area contributed by atoms with Gasteiger partial charge in [-0.05, 0) is 23.8 Å². The van der Waals surface area contributed by atoms with Crippen LogP contribution < -0.4 is 15.5 Å². The van der Waals surface area contributed by atoms with Crippen molar-refractivity contribution in [2.24, 2.45) is 5.73 Å². The van der Waals surface area contributed by atoms with E-state index in [-0.39, 0.29) is 5.91 Å². The normalized spacial score (nSPS) is 19.6. The Labute approximate surface area is 119 Å². The molecule has 0 atom stereocenters. The highest BCUT2D eigenvalue weighted by Gasteiger charge is 2.25. The molecule has 1 saturated heterocycles. The van der Waals surface area contributed by atoms with Crippen LogP contribution in [0.3, 0.4) is 0 Å². The van der Waals surface area contributed by atoms with Crippen LogP contribution >= 0.6 is 0 Å². The van der Waals surface area contributed by atoms with E-state index >= 15 is 0 Å². The molecule has 1 aromatic carbocycles. The first-order valence-electron chi connectivity index (χ1n) is 7.26. The van der Waals surface area contributed by atoms with Gasteiger partial charge in [0.25, 0.3) is 0 Å². The summed E-state index contributed by atoms with van der Waals surface area (Å²) >= 11 is 0. The fourth-order valence-corrected chi connectivity index (χ4v) is 3.07. The molecule has 1 amide bonds. The molecule has 5 nitrogen and oxygen atoms in total. The van der Waals surface area contributed by atoms with Crippen molar-refractivity contribution in [2.45, 2.75) is 6.42 Å². The number of carbonyl (C=O) groups is 1. The lowest BCUT2D eigenvalue weighted by Crippen LogP contribution is -2.47. The third-order valence-corrected chi connectivity index (χ3v) is 4.32. The summed E-state index contributed by atoms with van der Waals surface area (Å²) < 4.78 is 0. The van der Waals surface area contributed by atoms with E-state index in [0.717, 1.165) is 50.5 Å². The molecule has 2 N–H and O–H groups in total. The lowest BCUT2D eigenvalue weighted by molar-refractivity contribution is -0.117. The fourth-order valence-electron chi connectivity index (χ4n) is 3.07. The van der Waals surface area contributed by atoms with Gasteiger partial charge in [0, 0.05) is 57.7 Å². The van der Waals surface area contributed by atoms with Crippen LogP contribution in [0.2, 0.25) is 0 Å². The van der Waals surface area contributed by atoms with Gasteiger partial charge >= 0.3 is 0 Å². The maximum absolute atomic E-state index is 11.7. The van der Waals surface area contributed by atoms with Gasteiger partial charge < -0.3 is 15.5 Å². The average Bonchev–Trinajstić information content (AvgIpc) is 2.75. The number of hydrogen-bond donors (Lipinski definition) is 1. The molecular weight excluding hydrogens is 252 g/mol. The SMILES string of the molecule is CN1C(=O)Cc2cc(N3CCN(CCN)CC3)ccc21. The number of hydrogen-bond acceptors (Lipinski definition) is 4. The Morgan fingerprint density at radius 3 is 2.65 bits per heavy atom. The van der Waals surface area contributed by atoms with E-state index in [2.05, 4.69) is 28.0 Å². The Morgan fingerprint density at radius 2 is 1.95 bits per heavy atom. The smallest absolute Gasteiger partial charge is 0.231 e. The number of nitrogens with zero attached hydrogens (tertiary/aromatic N) is 3. The topological polar surface area (TPSA) is 52.8 Å². The van der Waals surface area contributed by atoms with E-state index in [4.69, 9.17) is 5.73 Å². The summed E-state index contributed by atoms with van der Waals surface area (Å²) in [7, 11) is 1.85. The second-order valence-electron chi connectivity index (χ2n) is 5.56. The summed E-state index contributed by atoms with van der Waals surface area (Å²) in [5, 5.41) is 0. The van der Waals surface area contributed by atoms with Crippen molar-refractivity contribution in [3.05, 3.63) is 23.8 Å². The Kier molecular flexibility index (Phi) is 3.63. The van der Waals surface area contributed by atoms with Gasteiger partial charge in [0.05, 0.1) is 6.42 Å². The Hall–Kier alpha value is -1.59. The minimum Gasteiger partial charge on any atom is -0.369 e. The highest BCUT2D eigenvalue weighted by molar-refractivity contribution is 6.01. The molecule has 2 heterocycles. The zero-order valence-corrected chi connectivity index (χ0v) is 12.0. The number of rotatable bonds is 3. The monoisotopic (exact) mass is 274 g/mol. The van der Waals surface area contributed by atoms with E-state index in [9.17, 15) is 4.79 Å². The molecule has 1 fully saturated rings. The van der Waals surface area contributed by atoms with E-state index in [0.29, 0.717) is 6.42 Å². The molecule has 2 aliphatic heterocycles. The number of likely N-dealkylation sites (N-methyl/N-ethyl adjacent to an activating group) is 1. The molecule has 0 spiro atoms. The Balaban J connectivity index is 1.71. The number of fused-ring (bicyclic) bond motifs is 1. The molecular formula is C15H22N4O. The van der Waals surface area contributed by atoms with Gasteiger partial charge in [-0.2, -0.15) is 0 Å². The molecule has 0 saturated carbocycles. The molecule has 20 heavy (non-hydrogen) atoms. The summed E-state index contributed by atoms with van der Waals surface area (Å²) in [6.45, 7) is 5.90. The van der Waals surface area contributed by atoms with Crippen LogP contribution in [0.5, 0.6) is 0 Å². The second-order valence-corrected chi connectivity index (χ2v) is 5.56. The van der Waals surface area contributed by atoms with Crippen LogP contribution in [0.25, 0.3) is 0 Å². The predicted octanol–water partition coefficient (Wildman–Crippen LogP) is 0.286. The summed E-state index contributed by atoms with van der Waals surface area (Å²) in [4.78, 5) is 18.3. The Bertz CT molecular complexity index is 509. The van der Waals surface area contributed by atoms with Gasteiger partial charge in [0.1, 0.15) is 0 Å². The molecule has 0 unspecified atom stereocenters. The number of nitrogens with two attached hydrogens (primary N) is 1. The molecule has 2 aliphatic rings. The summed E-state index contributed by atoms with van der Waals surface area (Å²) in [5.41, 5.74) is 9.04. The average molecular weight is 274 g/mol. The fraction of sp³-hybridized carbons (Fsp3) is 0.533. The van der Waals surface area contributed by atoms with E-state index < -0.39 is 0 Å². The molecule has 0 aliphatic carbocycles. The van der Waals surface area contributed by atoms with Crippen LogP contribution in [-0.4, -0.2) is 57.1 Å². The predicted molar refractivity (Wildman–Crippen MR) is 81.3 cm³/mol. The summed E-state index contributed by atoms with van der Waals surface area (Å²) in [5.74, 6) is 0.185. The highest BCUT2D eigenvalue weighted by Crippen LogP contribution is 2.31. The third-order valence-electron chi connectivity index (χ3n) is 4.32. The van der Waals surface area contributed by atoms with Gasteiger partial charge in [-0.15, -0.1) is 0 Å². The highest BCUT2D eigenvalue weighted by atomic mass is 16.2. The lowest BCUT2D eigenvalue weighted by Gasteiger charge is -2.36. The van der Waals surface area contributed by atoms with Crippen molar-refractivity contribution in [1.82, 2.24) is 4.90 Å². The molecule has 0 radical (unpaired) electrons. The van der Waals surface area contributed by atoms with Crippen molar-refractivity contribution in [3.8, 4) is 0 Å². The third kappa shape index (κ3) is 2.39. The first kappa shape index (κ1) is 13.4. The molecule has 3 rings (SSSR count). The van der Waals surface area contributed by atoms with Crippen molar-refractivity contribution in [1.29, 1.82) is 0 Å². The van der Waals surface area contributed by atoms with Crippen LogP contribution in [0.1, 0.15) is 5.56 Å². The van der Waals surface area contributed by atoms with E-state index in [1.54, 1.807) is 4.90 Å². The molecule has 0 bridgehead atoms. The van der Waals surface area contributed by atoms with Crippen LogP contribution in [0.4, 0.5) is 11.4 Å². The minimum atomic E-state index is 0.185. The van der Waals surface area contributed by atoms with Crippen LogP contribution in [-0.2, 0) is 11.2 Å². The molecule has 1 aromatic rings. The van der Waals surface area contributed by atoms with Crippen molar-refractivity contribution in [3.63, 3.8) is 0 Å². The van der Waals surface area contributed by atoms with Crippen molar-refractivity contribution >= 4 is 17.3 Å². The zero-order chi connectivity index (χ0) is 14.1. The van der Waals surface area contributed by atoms with Gasteiger partial charge in [-0.25, -0.2) is 0 Å². The van der Waals surface area contributed by atoms with Gasteiger partial charge in [-0.3, -0.25) is 9.69 Å². The number of amides is 1. The molecule has 5 heteroatoms. The molecule has 0 aromatic heterocycles. The minimum absolute atomic E-state index is 0.185. The van der Waals surface area contributed by atoms with Crippen LogP contribution in [0, 0.1) is 0 Å². The Morgan fingerprint density at radius 1 is 1.20 bits per heavy atom. The van der Waals surface area contributed by atoms with Crippen LogP contribution in [0.15, 0.2) is 18.2 Å². The number of carbonyl (C=O) groups excluding carboxylic acids is 1. The first-order valence-corrected chi connectivity index (χ1v) is 7.26. The standard InChI is InChI=1S/C15H22N4O/c1-17-14-3-2-13(10-12(14)11-15(17)20)19-8-6-18(5-4-16)7-9-19/h2-3,10H,4-9,11,16H2,1H3.